The summed E-state index contributed by atoms with van der Waals surface area (Å²) in [7, 11) is 1.66. The van der Waals surface area contributed by atoms with Crippen molar-refractivity contribution in [1.82, 2.24) is 10.2 Å². The van der Waals surface area contributed by atoms with Gasteiger partial charge in [-0.3, -0.25) is 9.59 Å². The van der Waals surface area contributed by atoms with Crippen LogP contribution in [0.1, 0.15) is 16.1 Å². The number of rotatable bonds is 6. The SMILES string of the molecule is COc1cccc(N2CCN(C(=O)CCNC(=O)c3cccs3)CC2)c1. The van der Waals surface area contributed by atoms with Crippen molar-refractivity contribution in [2.45, 2.75) is 6.42 Å². The highest BCUT2D eigenvalue weighted by atomic mass is 32.1. The van der Waals surface area contributed by atoms with E-state index in [2.05, 4.69) is 16.3 Å². The van der Waals surface area contributed by atoms with Crippen molar-refractivity contribution in [3.8, 4) is 5.75 Å². The molecule has 2 amide bonds. The third kappa shape index (κ3) is 4.54. The number of amides is 2. The Morgan fingerprint density at radius 3 is 2.65 bits per heavy atom. The van der Waals surface area contributed by atoms with Crippen LogP contribution in [0.15, 0.2) is 41.8 Å². The van der Waals surface area contributed by atoms with Crippen LogP contribution in [-0.4, -0.2) is 56.5 Å². The highest BCUT2D eigenvalue weighted by Crippen LogP contribution is 2.22. The second-order valence-corrected chi connectivity index (χ2v) is 7.00. The summed E-state index contributed by atoms with van der Waals surface area (Å²) in [4.78, 5) is 29.0. The van der Waals surface area contributed by atoms with Gasteiger partial charge in [-0.1, -0.05) is 12.1 Å². The van der Waals surface area contributed by atoms with Gasteiger partial charge in [-0.05, 0) is 23.6 Å². The van der Waals surface area contributed by atoms with Crippen molar-refractivity contribution in [2.24, 2.45) is 0 Å². The maximum absolute atomic E-state index is 12.3. The zero-order valence-corrected chi connectivity index (χ0v) is 15.6. The quantitative estimate of drug-likeness (QED) is 0.843. The minimum Gasteiger partial charge on any atom is -0.497 e. The molecule has 2 aromatic rings. The molecule has 0 saturated carbocycles. The van der Waals surface area contributed by atoms with Gasteiger partial charge >= 0.3 is 0 Å². The van der Waals surface area contributed by atoms with Gasteiger partial charge in [-0.2, -0.15) is 0 Å². The zero-order valence-electron chi connectivity index (χ0n) is 14.8. The highest BCUT2D eigenvalue weighted by molar-refractivity contribution is 7.12. The smallest absolute Gasteiger partial charge is 0.261 e. The van der Waals surface area contributed by atoms with Crippen LogP contribution in [0.4, 0.5) is 5.69 Å². The van der Waals surface area contributed by atoms with Crippen LogP contribution >= 0.6 is 11.3 Å². The van der Waals surface area contributed by atoms with Crippen molar-refractivity contribution < 1.29 is 14.3 Å². The number of piperazine rings is 1. The summed E-state index contributed by atoms with van der Waals surface area (Å²) in [5.74, 6) is 0.805. The molecule has 0 unspecified atom stereocenters. The second kappa shape index (κ2) is 8.71. The number of nitrogens with one attached hydrogen (secondary N) is 1. The van der Waals surface area contributed by atoms with Crippen LogP contribution < -0.4 is 15.0 Å². The molecule has 0 aliphatic carbocycles. The molecular weight excluding hydrogens is 350 g/mol. The molecule has 138 valence electrons. The normalized spacial score (nSPS) is 14.2. The highest BCUT2D eigenvalue weighted by Gasteiger charge is 2.21. The average molecular weight is 373 g/mol. The van der Waals surface area contributed by atoms with Gasteiger partial charge in [-0.15, -0.1) is 11.3 Å². The van der Waals surface area contributed by atoms with E-state index < -0.39 is 0 Å². The zero-order chi connectivity index (χ0) is 18.4. The number of methoxy groups -OCH3 is 1. The first-order valence-corrected chi connectivity index (χ1v) is 9.54. The fourth-order valence-electron chi connectivity index (χ4n) is 2.96. The van der Waals surface area contributed by atoms with Crippen molar-refractivity contribution >= 4 is 28.8 Å². The molecule has 1 saturated heterocycles. The predicted octanol–water partition coefficient (Wildman–Crippen LogP) is 2.23. The van der Waals surface area contributed by atoms with Crippen LogP contribution in [0, 0.1) is 0 Å². The molecule has 1 fully saturated rings. The lowest BCUT2D eigenvalue weighted by Gasteiger charge is -2.36. The van der Waals surface area contributed by atoms with Crippen LogP contribution in [0.25, 0.3) is 0 Å². The van der Waals surface area contributed by atoms with Crippen molar-refractivity contribution in [1.29, 1.82) is 0 Å². The molecule has 0 spiro atoms. The fraction of sp³-hybridized carbons (Fsp3) is 0.368. The number of anilines is 1. The number of ether oxygens (including phenoxy) is 1. The Bertz CT molecular complexity index is 740. The molecule has 0 radical (unpaired) electrons. The molecule has 1 aromatic carbocycles. The standard InChI is InChI=1S/C19H23N3O3S/c1-25-16-5-2-4-15(14-16)21-9-11-22(12-10-21)18(23)7-8-20-19(24)17-6-3-13-26-17/h2-6,13-14H,7-12H2,1H3,(H,20,24). The molecule has 1 aromatic heterocycles. The maximum Gasteiger partial charge on any atom is 0.261 e. The molecule has 3 rings (SSSR count). The lowest BCUT2D eigenvalue weighted by Crippen LogP contribution is -2.49. The van der Waals surface area contributed by atoms with Gasteiger partial charge in [0.05, 0.1) is 12.0 Å². The minimum atomic E-state index is -0.115. The van der Waals surface area contributed by atoms with Crippen LogP contribution in [0.2, 0.25) is 0 Å². The van der Waals surface area contributed by atoms with Crippen LogP contribution in [-0.2, 0) is 4.79 Å². The monoisotopic (exact) mass is 373 g/mol. The summed E-state index contributed by atoms with van der Waals surface area (Å²) in [6.45, 7) is 3.33. The number of carbonyl (C=O) groups is 2. The van der Waals surface area contributed by atoms with Crippen molar-refractivity contribution in [3.05, 3.63) is 46.7 Å². The van der Waals surface area contributed by atoms with Gasteiger partial charge in [0.1, 0.15) is 5.75 Å². The third-order valence-electron chi connectivity index (χ3n) is 4.42. The topological polar surface area (TPSA) is 61.9 Å². The Labute approximate surface area is 157 Å². The largest absolute Gasteiger partial charge is 0.497 e. The second-order valence-electron chi connectivity index (χ2n) is 6.05. The predicted molar refractivity (Wildman–Crippen MR) is 103 cm³/mol. The van der Waals surface area contributed by atoms with Gasteiger partial charge in [-0.25, -0.2) is 0 Å². The third-order valence-corrected chi connectivity index (χ3v) is 5.29. The van der Waals surface area contributed by atoms with Gasteiger partial charge in [0.25, 0.3) is 5.91 Å². The fourth-order valence-corrected chi connectivity index (χ4v) is 3.60. The van der Waals surface area contributed by atoms with E-state index in [4.69, 9.17) is 4.74 Å². The lowest BCUT2D eigenvalue weighted by atomic mass is 10.2. The van der Waals surface area contributed by atoms with E-state index in [-0.39, 0.29) is 11.8 Å². The van der Waals surface area contributed by atoms with E-state index in [1.54, 1.807) is 13.2 Å². The summed E-state index contributed by atoms with van der Waals surface area (Å²) >= 11 is 1.40. The molecule has 1 aliphatic rings. The summed E-state index contributed by atoms with van der Waals surface area (Å²) in [6, 6.07) is 11.6. The molecule has 0 bridgehead atoms. The summed E-state index contributed by atoms with van der Waals surface area (Å²) in [6.07, 6.45) is 0.330. The molecule has 7 heteroatoms. The van der Waals surface area contributed by atoms with E-state index in [0.717, 1.165) is 24.5 Å². The maximum atomic E-state index is 12.3. The van der Waals surface area contributed by atoms with Crippen LogP contribution in [0.5, 0.6) is 5.75 Å². The number of carbonyl (C=O) groups excluding carboxylic acids is 2. The number of hydrogen-bond donors (Lipinski definition) is 1. The number of hydrogen-bond acceptors (Lipinski definition) is 5. The first kappa shape index (κ1) is 18.3. The van der Waals surface area contributed by atoms with E-state index in [0.29, 0.717) is 30.9 Å². The average Bonchev–Trinajstić information content (AvgIpc) is 3.23. The van der Waals surface area contributed by atoms with E-state index in [1.165, 1.54) is 11.3 Å². The summed E-state index contributed by atoms with van der Waals surface area (Å²) in [5.41, 5.74) is 1.11. The summed E-state index contributed by atoms with van der Waals surface area (Å²) < 4.78 is 5.27. The van der Waals surface area contributed by atoms with E-state index in [1.807, 2.05) is 34.5 Å². The van der Waals surface area contributed by atoms with Gasteiger partial charge < -0.3 is 19.9 Å². The molecule has 26 heavy (non-hydrogen) atoms. The van der Waals surface area contributed by atoms with Crippen LogP contribution in [0.3, 0.4) is 0 Å². The van der Waals surface area contributed by atoms with E-state index >= 15 is 0 Å². The number of thiophene rings is 1. The Hall–Kier alpha value is -2.54. The number of benzene rings is 1. The van der Waals surface area contributed by atoms with Crippen molar-refractivity contribution in [2.75, 3.05) is 44.7 Å². The molecule has 1 N–H and O–H groups in total. The Balaban J connectivity index is 1.42. The van der Waals surface area contributed by atoms with E-state index in [9.17, 15) is 9.59 Å². The van der Waals surface area contributed by atoms with Crippen molar-refractivity contribution in [3.63, 3.8) is 0 Å². The molecule has 0 atom stereocenters. The molecule has 6 nitrogen and oxygen atoms in total. The van der Waals surface area contributed by atoms with Gasteiger partial charge in [0.2, 0.25) is 5.91 Å². The first-order valence-electron chi connectivity index (χ1n) is 8.66. The number of nitrogens with zero attached hydrogens (tertiary/aromatic N) is 2. The minimum absolute atomic E-state index is 0.0850. The lowest BCUT2D eigenvalue weighted by molar-refractivity contribution is -0.131. The first-order chi connectivity index (χ1) is 12.7. The molecule has 1 aliphatic heterocycles. The van der Waals surface area contributed by atoms with Gasteiger partial charge in [0.15, 0.2) is 0 Å². The Kier molecular flexibility index (Phi) is 6.12. The molecular formula is C19H23N3O3S. The summed E-state index contributed by atoms with van der Waals surface area (Å²) in [5, 5.41) is 4.66. The Morgan fingerprint density at radius 2 is 1.96 bits per heavy atom. The van der Waals surface area contributed by atoms with Gasteiger partial charge in [0, 0.05) is 50.9 Å². The molecule has 2 heterocycles. The Morgan fingerprint density at radius 1 is 1.15 bits per heavy atom.